The van der Waals surface area contributed by atoms with Gasteiger partial charge in [0.25, 0.3) is 0 Å². The predicted molar refractivity (Wildman–Crippen MR) is 95.3 cm³/mol. The number of hydrogen-bond donors (Lipinski definition) is 0. The highest BCUT2D eigenvalue weighted by Gasteiger charge is 2.32. The average Bonchev–Trinajstić information content (AvgIpc) is 2.91. The molecule has 0 spiro atoms. The van der Waals surface area contributed by atoms with Gasteiger partial charge in [-0.05, 0) is 24.6 Å². The van der Waals surface area contributed by atoms with Crippen LogP contribution in [0.3, 0.4) is 0 Å². The van der Waals surface area contributed by atoms with Crippen molar-refractivity contribution in [1.29, 1.82) is 0 Å². The van der Waals surface area contributed by atoms with Gasteiger partial charge in [-0.3, -0.25) is 4.79 Å². The zero-order valence-corrected chi connectivity index (χ0v) is 14.2. The lowest BCUT2D eigenvalue weighted by molar-refractivity contribution is -0.127. The van der Waals surface area contributed by atoms with Crippen LogP contribution in [0.5, 0.6) is 0 Å². The third-order valence-electron chi connectivity index (χ3n) is 3.67. The maximum atomic E-state index is 12.1. The van der Waals surface area contributed by atoms with Gasteiger partial charge in [-0.25, -0.2) is 0 Å². The molecule has 1 heterocycles. The number of thioether (sulfide) groups is 2. The van der Waals surface area contributed by atoms with E-state index < -0.39 is 0 Å². The quantitative estimate of drug-likeness (QED) is 0.760. The smallest absolute Gasteiger partial charge is 0.233 e. The van der Waals surface area contributed by atoms with Crippen LogP contribution in [0.15, 0.2) is 59.5 Å². The zero-order chi connectivity index (χ0) is 15.4. The molecule has 1 amide bonds. The average molecular weight is 329 g/mol. The summed E-state index contributed by atoms with van der Waals surface area (Å²) in [5.74, 6) is 1.77. The molecular formula is C18H19NOS2. The van der Waals surface area contributed by atoms with E-state index in [2.05, 4.69) is 43.3 Å². The Balaban J connectivity index is 1.60. The van der Waals surface area contributed by atoms with E-state index in [4.69, 9.17) is 0 Å². The van der Waals surface area contributed by atoms with Gasteiger partial charge in [-0.2, -0.15) is 0 Å². The van der Waals surface area contributed by atoms with E-state index in [1.54, 1.807) is 11.8 Å². The predicted octanol–water partition coefficient (Wildman–Crippen LogP) is 4.36. The van der Waals surface area contributed by atoms with Gasteiger partial charge < -0.3 is 4.90 Å². The van der Waals surface area contributed by atoms with Gasteiger partial charge in [0.1, 0.15) is 5.37 Å². The summed E-state index contributed by atoms with van der Waals surface area (Å²) in [5.41, 5.74) is 2.50. The van der Waals surface area contributed by atoms with Crippen LogP contribution in [0, 0.1) is 6.92 Å². The summed E-state index contributed by atoms with van der Waals surface area (Å²) < 4.78 is 0. The standard InChI is InChI=1S/C18H19NOS2/c1-14-7-9-16(10-8-14)21-12-11-19-17(20)13-22-18(19)15-5-3-2-4-6-15/h2-10,18H,11-13H2,1H3. The lowest BCUT2D eigenvalue weighted by Gasteiger charge is -2.24. The zero-order valence-electron chi connectivity index (χ0n) is 12.6. The molecule has 1 aliphatic rings. The van der Waals surface area contributed by atoms with Crippen LogP contribution in [0.2, 0.25) is 0 Å². The highest BCUT2D eigenvalue weighted by atomic mass is 32.2. The highest BCUT2D eigenvalue weighted by molar-refractivity contribution is 8.00. The Bertz CT molecular complexity index is 627. The number of benzene rings is 2. The molecule has 0 bridgehead atoms. The maximum absolute atomic E-state index is 12.1. The molecule has 4 heteroatoms. The van der Waals surface area contributed by atoms with Crippen molar-refractivity contribution >= 4 is 29.4 Å². The number of nitrogens with zero attached hydrogens (tertiary/aromatic N) is 1. The Kier molecular flexibility index (Phi) is 5.11. The molecule has 3 rings (SSSR count). The summed E-state index contributed by atoms with van der Waals surface area (Å²) >= 11 is 3.54. The minimum absolute atomic E-state index is 0.173. The van der Waals surface area contributed by atoms with E-state index in [-0.39, 0.29) is 11.3 Å². The van der Waals surface area contributed by atoms with Crippen molar-refractivity contribution in [2.45, 2.75) is 17.2 Å². The topological polar surface area (TPSA) is 20.3 Å². The molecule has 114 valence electrons. The van der Waals surface area contributed by atoms with Crippen molar-refractivity contribution in [2.75, 3.05) is 18.1 Å². The summed E-state index contributed by atoms with van der Waals surface area (Å²) in [4.78, 5) is 15.4. The van der Waals surface area contributed by atoms with Crippen LogP contribution in [0.25, 0.3) is 0 Å². The summed E-state index contributed by atoms with van der Waals surface area (Å²) in [6.45, 7) is 2.89. The number of amides is 1. The van der Waals surface area contributed by atoms with E-state index in [0.29, 0.717) is 5.75 Å². The van der Waals surface area contributed by atoms with Crippen molar-refractivity contribution in [1.82, 2.24) is 4.90 Å². The lowest BCUT2D eigenvalue weighted by atomic mass is 10.2. The van der Waals surface area contributed by atoms with Gasteiger partial charge in [-0.1, -0.05) is 48.0 Å². The SMILES string of the molecule is Cc1ccc(SCCN2C(=O)CSC2c2ccccc2)cc1. The number of carbonyl (C=O) groups excluding carboxylic acids is 1. The Hall–Kier alpha value is -1.39. The first-order valence-corrected chi connectivity index (χ1v) is 9.43. The number of rotatable bonds is 5. The van der Waals surface area contributed by atoms with Gasteiger partial charge in [0.15, 0.2) is 0 Å². The van der Waals surface area contributed by atoms with Crippen LogP contribution in [-0.4, -0.2) is 28.9 Å². The first kappa shape index (κ1) is 15.5. The second-order valence-corrected chi connectivity index (χ2v) is 7.56. The van der Waals surface area contributed by atoms with Crippen molar-refractivity contribution in [3.63, 3.8) is 0 Å². The molecule has 1 unspecified atom stereocenters. The Morgan fingerprint density at radius 3 is 2.59 bits per heavy atom. The van der Waals surface area contributed by atoms with Gasteiger partial charge >= 0.3 is 0 Å². The minimum Gasteiger partial charge on any atom is -0.325 e. The fourth-order valence-corrected chi connectivity index (χ4v) is 4.56. The van der Waals surface area contributed by atoms with E-state index in [9.17, 15) is 4.79 Å². The number of hydrogen-bond acceptors (Lipinski definition) is 3. The first-order valence-electron chi connectivity index (χ1n) is 7.39. The van der Waals surface area contributed by atoms with Crippen molar-refractivity contribution in [3.8, 4) is 0 Å². The largest absolute Gasteiger partial charge is 0.325 e. The monoisotopic (exact) mass is 329 g/mol. The minimum atomic E-state index is 0.173. The van der Waals surface area contributed by atoms with Crippen molar-refractivity contribution in [3.05, 3.63) is 65.7 Å². The molecule has 0 N–H and O–H groups in total. The second kappa shape index (κ2) is 7.25. The third kappa shape index (κ3) is 3.68. The molecule has 1 fully saturated rings. The van der Waals surface area contributed by atoms with Crippen LogP contribution in [-0.2, 0) is 4.79 Å². The lowest BCUT2D eigenvalue weighted by Crippen LogP contribution is -2.30. The van der Waals surface area contributed by atoms with Crippen molar-refractivity contribution < 1.29 is 4.79 Å². The van der Waals surface area contributed by atoms with Crippen LogP contribution < -0.4 is 0 Å². The van der Waals surface area contributed by atoms with E-state index in [1.165, 1.54) is 16.0 Å². The van der Waals surface area contributed by atoms with Gasteiger partial charge in [0.2, 0.25) is 5.91 Å². The first-order chi connectivity index (χ1) is 10.7. The Morgan fingerprint density at radius 1 is 1.14 bits per heavy atom. The molecule has 1 aliphatic heterocycles. The molecule has 0 radical (unpaired) electrons. The molecule has 22 heavy (non-hydrogen) atoms. The molecule has 1 saturated heterocycles. The van der Waals surface area contributed by atoms with E-state index in [0.717, 1.165) is 12.3 Å². The molecule has 1 atom stereocenters. The van der Waals surface area contributed by atoms with Crippen LogP contribution >= 0.6 is 23.5 Å². The summed E-state index contributed by atoms with van der Waals surface area (Å²) in [5, 5.41) is 0.173. The molecule has 2 nitrogen and oxygen atoms in total. The molecule has 2 aromatic rings. The fraction of sp³-hybridized carbons (Fsp3) is 0.278. The summed E-state index contributed by atoms with van der Waals surface area (Å²) in [6.07, 6.45) is 0. The highest BCUT2D eigenvalue weighted by Crippen LogP contribution is 2.38. The Labute approximate surface area is 140 Å². The second-order valence-electron chi connectivity index (χ2n) is 5.32. The summed E-state index contributed by atoms with van der Waals surface area (Å²) in [6, 6.07) is 18.9. The summed E-state index contributed by atoms with van der Waals surface area (Å²) in [7, 11) is 0. The number of carbonyl (C=O) groups is 1. The molecular weight excluding hydrogens is 310 g/mol. The molecule has 0 aromatic heterocycles. The fourth-order valence-electron chi connectivity index (χ4n) is 2.49. The third-order valence-corrected chi connectivity index (χ3v) is 5.92. The maximum Gasteiger partial charge on any atom is 0.233 e. The van der Waals surface area contributed by atoms with Crippen LogP contribution in [0.4, 0.5) is 0 Å². The van der Waals surface area contributed by atoms with Crippen molar-refractivity contribution in [2.24, 2.45) is 0 Å². The van der Waals surface area contributed by atoms with Gasteiger partial charge in [0.05, 0.1) is 5.75 Å². The van der Waals surface area contributed by atoms with Crippen LogP contribution in [0.1, 0.15) is 16.5 Å². The molecule has 0 aliphatic carbocycles. The van der Waals surface area contributed by atoms with E-state index >= 15 is 0 Å². The molecule has 0 saturated carbocycles. The molecule has 2 aromatic carbocycles. The number of aryl methyl sites for hydroxylation is 1. The Morgan fingerprint density at radius 2 is 1.86 bits per heavy atom. The van der Waals surface area contributed by atoms with Gasteiger partial charge in [0, 0.05) is 17.2 Å². The van der Waals surface area contributed by atoms with E-state index in [1.807, 2.05) is 34.9 Å². The van der Waals surface area contributed by atoms with Gasteiger partial charge in [-0.15, -0.1) is 23.5 Å². The normalized spacial score (nSPS) is 18.0.